The van der Waals surface area contributed by atoms with Crippen molar-refractivity contribution < 1.29 is 4.79 Å². The summed E-state index contributed by atoms with van der Waals surface area (Å²) in [4.78, 5) is 8.00. The van der Waals surface area contributed by atoms with Crippen molar-refractivity contribution in [1.82, 2.24) is 0 Å². The third-order valence-electron chi connectivity index (χ3n) is 6.37. The van der Waals surface area contributed by atoms with Crippen LogP contribution in [0.3, 0.4) is 0 Å². The Balaban J connectivity index is -0.000000167. The summed E-state index contributed by atoms with van der Waals surface area (Å²) in [5.41, 5.74) is 1.32. The summed E-state index contributed by atoms with van der Waals surface area (Å²) >= 11 is 0. The van der Waals surface area contributed by atoms with E-state index >= 15 is 0 Å². The van der Waals surface area contributed by atoms with Gasteiger partial charge in [-0.15, -0.1) is 0 Å². The number of benzene rings is 1. The zero-order valence-corrected chi connectivity index (χ0v) is 26.1. The molecule has 3 aliphatic rings. The van der Waals surface area contributed by atoms with Crippen LogP contribution in [0.15, 0.2) is 30.3 Å². The van der Waals surface area contributed by atoms with Gasteiger partial charge in [0.25, 0.3) is 0 Å². The predicted octanol–water partition coefficient (Wildman–Crippen LogP) is 12.3. The maximum absolute atomic E-state index is 8.00. The first-order valence-electron chi connectivity index (χ1n) is 15.4. The summed E-state index contributed by atoms with van der Waals surface area (Å²) in [6.07, 6.45) is 20.8. The van der Waals surface area contributed by atoms with Gasteiger partial charge in [-0.05, 0) is 24.7 Å². The van der Waals surface area contributed by atoms with Gasteiger partial charge in [0.1, 0.15) is 6.79 Å². The van der Waals surface area contributed by atoms with Crippen molar-refractivity contribution in [3.63, 3.8) is 0 Å². The molecule has 0 saturated heterocycles. The van der Waals surface area contributed by atoms with Crippen molar-refractivity contribution in [2.45, 2.75) is 159 Å². The zero-order chi connectivity index (χ0) is 27.7. The third-order valence-corrected chi connectivity index (χ3v) is 6.37. The number of aryl methyl sites for hydroxylation is 1. The molecule has 3 aliphatic carbocycles. The summed E-state index contributed by atoms with van der Waals surface area (Å²) in [6, 6.07) is 10.3. The van der Waals surface area contributed by atoms with Gasteiger partial charge in [0, 0.05) is 0 Å². The van der Waals surface area contributed by atoms with Gasteiger partial charge in [0.05, 0.1) is 0 Å². The summed E-state index contributed by atoms with van der Waals surface area (Å²) < 4.78 is 0. The van der Waals surface area contributed by atoms with E-state index in [1.54, 1.807) is 0 Å². The van der Waals surface area contributed by atoms with E-state index in [-0.39, 0.29) is 0 Å². The zero-order valence-electron chi connectivity index (χ0n) is 26.1. The van der Waals surface area contributed by atoms with Crippen LogP contribution in [0.25, 0.3) is 0 Å². The van der Waals surface area contributed by atoms with E-state index in [4.69, 9.17) is 4.79 Å². The first-order valence-corrected chi connectivity index (χ1v) is 15.4. The van der Waals surface area contributed by atoms with Gasteiger partial charge in [-0.25, -0.2) is 0 Å². The molecule has 1 aromatic rings. The quantitative estimate of drug-likeness (QED) is 0.352. The fraction of sp³-hybridized carbons (Fsp3) is 0.794. The van der Waals surface area contributed by atoms with Gasteiger partial charge in [-0.3, -0.25) is 0 Å². The number of carbonyl (C=O) groups excluding carboxylic acids is 1. The van der Waals surface area contributed by atoms with Gasteiger partial charge in [0.2, 0.25) is 0 Å². The first-order chi connectivity index (χ1) is 17.1. The third kappa shape index (κ3) is 35.1. The monoisotopic (exact) mass is 493 g/mol. The second kappa shape index (κ2) is 37.4. The number of hydrogen-bond acceptors (Lipinski definition) is 1. The van der Waals surface area contributed by atoms with Crippen LogP contribution in [0.2, 0.25) is 0 Å². The number of rotatable bonds is 0. The SMILES string of the molecule is C=O.CC.CC.CC.CC1CCCC1.CC1CCCCC1.CC1CCCCC1.Cc1ccccc1. The normalized spacial score (nSPS) is 16.9. The summed E-state index contributed by atoms with van der Waals surface area (Å²) in [5.74, 6) is 3.12. The molecule has 0 spiro atoms. The second-order valence-electron chi connectivity index (χ2n) is 9.53. The molecule has 4 rings (SSSR count). The smallest absolute Gasteiger partial charge is 0.106 e. The molecule has 0 aliphatic heterocycles. The van der Waals surface area contributed by atoms with Gasteiger partial charge < -0.3 is 4.79 Å². The fourth-order valence-corrected chi connectivity index (χ4v) is 4.28. The second-order valence-corrected chi connectivity index (χ2v) is 9.53. The lowest BCUT2D eigenvalue weighted by Gasteiger charge is -2.15. The minimum atomic E-state index is 1.04. The van der Waals surface area contributed by atoms with Gasteiger partial charge in [-0.1, -0.05) is 188 Å². The van der Waals surface area contributed by atoms with Crippen molar-refractivity contribution in [2.75, 3.05) is 0 Å². The molecule has 0 amide bonds. The Morgan fingerprint density at radius 3 is 0.829 bits per heavy atom. The molecule has 0 aromatic heterocycles. The summed E-state index contributed by atoms with van der Waals surface area (Å²) in [6.45, 7) is 23.1. The van der Waals surface area contributed by atoms with E-state index < -0.39 is 0 Å². The van der Waals surface area contributed by atoms with E-state index in [0.717, 1.165) is 17.8 Å². The van der Waals surface area contributed by atoms with E-state index in [2.05, 4.69) is 39.8 Å². The Morgan fingerprint density at radius 1 is 0.486 bits per heavy atom. The molecule has 0 radical (unpaired) electrons. The Labute approximate surface area is 224 Å². The van der Waals surface area contributed by atoms with Gasteiger partial charge >= 0.3 is 0 Å². The van der Waals surface area contributed by atoms with Crippen molar-refractivity contribution >= 4 is 6.79 Å². The van der Waals surface area contributed by atoms with Crippen LogP contribution in [0.5, 0.6) is 0 Å². The van der Waals surface area contributed by atoms with Crippen molar-refractivity contribution in [3.05, 3.63) is 35.9 Å². The van der Waals surface area contributed by atoms with Crippen LogP contribution in [0, 0.1) is 24.7 Å². The van der Waals surface area contributed by atoms with Gasteiger partial charge in [-0.2, -0.15) is 0 Å². The molecule has 1 aromatic carbocycles. The standard InChI is InChI=1S/2C7H14.C7H8.C6H12.3C2H6.CH2O/c3*1-7-5-3-2-4-6-7;1-6-4-2-3-5-6;4*1-2/h2*7H,2-6H2,1H3;2-6H,1H3;6H,2-5H2,1H3;3*1-2H3;1H2. The van der Waals surface area contributed by atoms with Crippen molar-refractivity contribution in [3.8, 4) is 0 Å². The highest BCUT2D eigenvalue weighted by molar-refractivity contribution is 5.11. The average Bonchev–Trinajstić information content (AvgIpc) is 3.42. The van der Waals surface area contributed by atoms with Crippen LogP contribution in [-0.2, 0) is 4.79 Å². The van der Waals surface area contributed by atoms with Crippen LogP contribution in [-0.4, -0.2) is 6.79 Å². The molecule has 3 fully saturated rings. The average molecular weight is 493 g/mol. The van der Waals surface area contributed by atoms with E-state index in [9.17, 15) is 0 Å². The van der Waals surface area contributed by atoms with Crippen molar-refractivity contribution in [1.29, 1.82) is 0 Å². The Kier molecular flexibility index (Phi) is 43.9. The Hall–Kier alpha value is -1.11. The number of hydrogen-bond donors (Lipinski definition) is 0. The first kappa shape index (κ1) is 41.0. The lowest BCUT2D eigenvalue weighted by molar-refractivity contribution is -0.0979. The largest absolute Gasteiger partial charge is 0.307 e. The van der Waals surface area contributed by atoms with E-state index in [1.807, 2.05) is 66.5 Å². The molecular formula is C34H68O. The fourth-order valence-electron chi connectivity index (χ4n) is 4.28. The predicted molar refractivity (Wildman–Crippen MR) is 164 cm³/mol. The molecule has 1 heteroatoms. The van der Waals surface area contributed by atoms with Crippen LogP contribution in [0.4, 0.5) is 0 Å². The molecule has 0 atom stereocenters. The minimum absolute atomic E-state index is 1.04. The van der Waals surface area contributed by atoms with Crippen molar-refractivity contribution in [2.24, 2.45) is 17.8 Å². The number of carbonyl (C=O) groups is 1. The Morgan fingerprint density at radius 2 is 0.714 bits per heavy atom. The molecule has 35 heavy (non-hydrogen) atoms. The maximum atomic E-state index is 8.00. The van der Waals surface area contributed by atoms with Crippen LogP contribution >= 0.6 is 0 Å². The Bertz CT molecular complexity index is 407. The van der Waals surface area contributed by atoms with Gasteiger partial charge in [0.15, 0.2) is 0 Å². The van der Waals surface area contributed by atoms with Crippen LogP contribution in [0.1, 0.15) is 158 Å². The molecule has 210 valence electrons. The maximum Gasteiger partial charge on any atom is 0.106 e. The minimum Gasteiger partial charge on any atom is -0.307 e. The van der Waals surface area contributed by atoms with Crippen LogP contribution < -0.4 is 0 Å². The highest BCUT2D eigenvalue weighted by atomic mass is 16.1. The molecule has 0 N–H and O–H groups in total. The lowest BCUT2D eigenvalue weighted by atomic mass is 9.91. The topological polar surface area (TPSA) is 17.1 Å². The lowest BCUT2D eigenvalue weighted by Crippen LogP contribution is -1.99. The molecular weight excluding hydrogens is 424 g/mol. The molecule has 0 bridgehead atoms. The molecule has 0 heterocycles. The molecule has 0 unspecified atom stereocenters. The highest BCUT2D eigenvalue weighted by Gasteiger charge is 2.07. The van der Waals surface area contributed by atoms with E-state index in [1.165, 1.54) is 95.5 Å². The molecule has 1 nitrogen and oxygen atoms in total. The highest BCUT2D eigenvalue weighted by Crippen LogP contribution is 2.23. The molecule has 3 saturated carbocycles. The van der Waals surface area contributed by atoms with E-state index in [0.29, 0.717) is 0 Å². The summed E-state index contributed by atoms with van der Waals surface area (Å²) in [7, 11) is 0. The summed E-state index contributed by atoms with van der Waals surface area (Å²) in [5, 5.41) is 0.